The summed E-state index contributed by atoms with van der Waals surface area (Å²) in [6.45, 7) is 0. The first-order chi connectivity index (χ1) is 15.0. The molecule has 2 N–H and O–H groups in total. The number of carbonyl (C=O) groups excluding carboxylic acids is 1. The van der Waals surface area contributed by atoms with Crippen molar-refractivity contribution >= 4 is 23.4 Å². The van der Waals surface area contributed by atoms with Gasteiger partial charge < -0.3 is 15.2 Å². The lowest BCUT2D eigenvalue weighted by molar-refractivity contribution is 0.102. The number of benzene rings is 2. The molecule has 0 amide bonds. The van der Waals surface area contributed by atoms with Crippen molar-refractivity contribution in [3.63, 3.8) is 0 Å². The highest BCUT2D eigenvalue weighted by Gasteiger charge is 2.21. The highest BCUT2D eigenvalue weighted by atomic mass is 32.2. The van der Waals surface area contributed by atoms with Gasteiger partial charge in [-0.2, -0.15) is 10.5 Å². The van der Waals surface area contributed by atoms with Crippen molar-refractivity contribution in [2.45, 2.75) is 5.03 Å². The van der Waals surface area contributed by atoms with Crippen molar-refractivity contribution in [2.24, 2.45) is 0 Å². The van der Waals surface area contributed by atoms with Gasteiger partial charge in [0, 0.05) is 11.1 Å². The molecule has 154 valence electrons. The second kappa shape index (κ2) is 9.66. The number of hydrogen-bond donors (Lipinski definition) is 1. The predicted octanol–water partition coefficient (Wildman–Crippen LogP) is 4.07. The van der Waals surface area contributed by atoms with Crippen molar-refractivity contribution in [3.8, 4) is 34.8 Å². The number of anilines is 1. The van der Waals surface area contributed by atoms with Crippen molar-refractivity contribution < 1.29 is 14.3 Å². The monoisotopic (exact) mass is 430 g/mol. The number of thioether (sulfide) groups is 1. The van der Waals surface area contributed by atoms with Crippen LogP contribution in [0, 0.1) is 22.7 Å². The summed E-state index contributed by atoms with van der Waals surface area (Å²) in [4.78, 5) is 16.8. The molecule has 0 atom stereocenters. The van der Waals surface area contributed by atoms with Crippen molar-refractivity contribution in [2.75, 3.05) is 25.7 Å². The van der Waals surface area contributed by atoms with Crippen LogP contribution in [0.5, 0.6) is 11.5 Å². The van der Waals surface area contributed by atoms with Crippen LogP contribution in [0.3, 0.4) is 0 Å². The molecule has 3 rings (SSSR count). The van der Waals surface area contributed by atoms with Gasteiger partial charge in [0.15, 0.2) is 5.78 Å². The van der Waals surface area contributed by atoms with E-state index in [1.54, 1.807) is 62.8 Å². The highest BCUT2D eigenvalue weighted by molar-refractivity contribution is 8.00. The van der Waals surface area contributed by atoms with Gasteiger partial charge in [-0.25, -0.2) is 4.98 Å². The minimum Gasteiger partial charge on any atom is -0.497 e. The van der Waals surface area contributed by atoms with E-state index in [0.717, 1.165) is 11.8 Å². The third kappa shape index (κ3) is 4.61. The Labute approximate surface area is 184 Å². The summed E-state index contributed by atoms with van der Waals surface area (Å²) in [6.07, 6.45) is 0. The summed E-state index contributed by atoms with van der Waals surface area (Å²) >= 11 is 1.11. The fraction of sp³-hybridized carbons (Fsp3) is 0.130. The van der Waals surface area contributed by atoms with Crippen LogP contribution in [0.4, 0.5) is 5.82 Å². The Balaban J connectivity index is 1.97. The molecule has 0 unspecified atom stereocenters. The number of nitrogens with zero attached hydrogens (tertiary/aromatic N) is 3. The summed E-state index contributed by atoms with van der Waals surface area (Å²) in [6, 6.07) is 17.9. The van der Waals surface area contributed by atoms with E-state index in [9.17, 15) is 15.3 Å². The Kier molecular flexibility index (Phi) is 6.76. The molecule has 0 saturated carbocycles. The zero-order chi connectivity index (χ0) is 22.4. The third-order valence-corrected chi connectivity index (χ3v) is 5.52. The molecular weight excluding hydrogens is 412 g/mol. The summed E-state index contributed by atoms with van der Waals surface area (Å²) in [7, 11) is 3.10. The van der Waals surface area contributed by atoms with Gasteiger partial charge in [-0.15, -0.1) is 0 Å². The highest BCUT2D eigenvalue weighted by Crippen LogP contribution is 2.36. The van der Waals surface area contributed by atoms with Crippen LogP contribution in [0.2, 0.25) is 0 Å². The number of nitriles is 2. The normalized spacial score (nSPS) is 10.1. The number of Topliss-reactive ketones (excluding diaryl/α,β-unsaturated/α-hetero) is 1. The van der Waals surface area contributed by atoms with Gasteiger partial charge in [0.05, 0.1) is 25.5 Å². The summed E-state index contributed by atoms with van der Waals surface area (Å²) in [5.74, 6) is 1.23. The minimum absolute atomic E-state index is 0.00622. The molecule has 1 heterocycles. The summed E-state index contributed by atoms with van der Waals surface area (Å²) in [5, 5.41) is 19.7. The number of hydrogen-bond acceptors (Lipinski definition) is 8. The second-order valence-electron chi connectivity index (χ2n) is 6.32. The molecule has 0 radical (unpaired) electrons. The van der Waals surface area contributed by atoms with Gasteiger partial charge >= 0.3 is 0 Å². The third-order valence-electron chi connectivity index (χ3n) is 4.55. The fourth-order valence-corrected chi connectivity index (χ4v) is 3.83. The van der Waals surface area contributed by atoms with E-state index in [0.29, 0.717) is 33.2 Å². The number of nitrogen functional groups attached to an aromatic ring is 1. The summed E-state index contributed by atoms with van der Waals surface area (Å²) in [5.41, 5.74) is 7.87. The molecule has 0 aliphatic heterocycles. The number of aromatic nitrogens is 1. The molecule has 0 bridgehead atoms. The maximum atomic E-state index is 12.6. The van der Waals surface area contributed by atoms with Crippen molar-refractivity contribution in [1.82, 2.24) is 4.98 Å². The second-order valence-corrected chi connectivity index (χ2v) is 7.28. The van der Waals surface area contributed by atoms with Crippen LogP contribution in [0.15, 0.2) is 53.6 Å². The number of carbonyl (C=O) groups is 1. The van der Waals surface area contributed by atoms with Crippen molar-refractivity contribution in [1.29, 1.82) is 10.5 Å². The fourth-order valence-electron chi connectivity index (χ4n) is 2.94. The van der Waals surface area contributed by atoms with Crippen LogP contribution in [0.25, 0.3) is 11.1 Å². The Morgan fingerprint density at radius 1 is 0.968 bits per heavy atom. The number of methoxy groups -OCH3 is 2. The average molecular weight is 430 g/mol. The van der Waals surface area contributed by atoms with Gasteiger partial charge in [-0.3, -0.25) is 4.79 Å². The first-order valence-electron chi connectivity index (χ1n) is 9.10. The first kappa shape index (κ1) is 21.7. The van der Waals surface area contributed by atoms with Gasteiger partial charge in [-0.05, 0) is 42.0 Å². The lowest BCUT2D eigenvalue weighted by atomic mass is 9.97. The molecule has 3 aromatic rings. The zero-order valence-electron chi connectivity index (χ0n) is 16.9. The van der Waals surface area contributed by atoms with Gasteiger partial charge in [0.1, 0.15) is 40.0 Å². The van der Waals surface area contributed by atoms with E-state index in [-0.39, 0.29) is 28.5 Å². The zero-order valence-corrected chi connectivity index (χ0v) is 17.7. The van der Waals surface area contributed by atoms with E-state index in [1.807, 2.05) is 6.07 Å². The van der Waals surface area contributed by atoms with Crippen LogP contribution in [0.1, 0.15) is 21.5 Å². The van der Waals surface area contributed by atoms with E-state index in [2.05, 4.69) is 11.1 Å². The van der Waals surface area contributed by atoms with Crippen LogP contribution in [-0.2, 0) is 0 Å². The largest absolute Gasteiger partial charge is 0.497 e. The van der Waals surface area contributed by atoms with E-state index >= 15 is 0 Å². The number of rotatable bonds is 7. The standard InChI is InChI=1S/C23H18N4O3S/c1-29-16-7-3-14(4-8-16)20(28)13-31-23-19(12-25)21(18(11-24)22(26)27-23)15-5-9-17(30-2)10-6-15/h3-10H,13H2,1-2H3,(H2,26,27). The van der Waals surface area contributed by atoms with Gasteiger partial charge in [-0.1, -0.05) is 23.9 Å². The lowest BCUT2D eigenvalue weighted by Crippen LogP contribution is -2.06. The quantitative estimate of drug-likeness (QED) is 0.440. The number of nitrogens with two attached hydrogens (primary N) is 1. The number of ketones is 1. The molecule has 8 heteroatoms. The average Bonchev–Trinajstić information content (AvgIpc) is 2.82. The SMILES string of the molecule is COc1ccc(C(=O)CSc2nc(N)c(C#N)c(-c3ccc(OC)cc3)c2C#N)cc1. The number of pyridine rings is 1. The smallest absolute Gasteiger partial charge is 0.173 e. The summed E-state index contributed by atoms with van der Waals surface area (Å²) < 4.78 is 10.3. The molecule has 0 saturated heterocycles. The maximum Gasteiger partial charge on any atom is 0.173 e. The van der Waals surface area contributed by atoms with Gasteiger partial charge in [0.25, 0.3) is 0 Å². The molecular formula is C23H18N4O3S. The van der Waals surface area contributed by atoms with E-state index in [1.165, 1.54) is 0 Å². The molecule has 1 aromatic heterocycles. The molecule has 31 heavy (non-hydrogen) atoms. The Morgan fingerprint density at radius 3 is 2.03 bits per heavy atom. The molecule has 0 aliphatic rings. The van der Waals surface area contributed by atoms with E-state index < -0.39 is 0 Å². The molecule has 7 nitrogen and oxygen atoms in total. The van der Waals surface area contributed by atoms with Crippen LogP contribution in [-0.4, -0.2) is 30.7 Å². The maximum absolute atomic E-state index is 12.6. The van der Waals surface area contributed by atoms with Crippen LogP contribution >= 0.6 is 11.8 Å². The Bertz CT molecular complexity index is 1190. The molecule has 0 aliphatic carbocycles. The Hall–Kier alpha value is -4.01. The van der Waals surface area contributed by atoms with Crippen molar-refractivity contribution in [3.05, 3.63) is 65.2 Å². The Morgan fingerprint density at radius 2 is 1.52 bits per heavy atom. The van der Waals surface area contributed by atoms with Crippen LogP contribution < -0.4 is 15.2 Å². The predicted molar refractivity (Wildman–Crippen MR) is 118 cm³/mol. The molecule has 0 spiro atoms. The minimum atomic E-state index is -0.132. The van der Waals surface area contributed by atoms with E-state index in [4.69, 9.17) is 15.2 Å². The topological polar surface area (TPSA) is 122 Å². The first-order valence-corrected chi connectivity index (χ1v) is 10.1. The van der Waals surface area contributed by atoms with Gasteiger partial charge in [0.2, 0.25) is 0 Å². The molecule has 0 fully saturated rings. The number of ether oxygens (including phenoxy) is 2. The molecule has 2 aromatic carbocycles. The lowest BCUT2D eigenvalue weighted by Gasteiger charge is -2.13.